The van der Waals surface area contributed by atoms with Gasteiger partial charge >= 0.3 is 0 Å². The molecule has 176 valence electrons. The van der Waals surface area contributed by atoms with E-state index in [1.807, 2.05) is 45.0 Å². The van der Waals surface area contributed by atoms with Crippen molar-refractivity contribution >= 4 is 28.6 Å². The van der Waals surface area contributed by atoms with Crippen LogP contribution in [0.3, 0.4) is 0 Å². The number of carbonyl (C=O) groups excluding carboxylic acids is 3. The maximum atomic E-state index is 13.7. The Hall–Kier alpha value is -3.68. The van der Waals surface area contributed by atoms with Crippen molar-refractivity contribution < 1.29 is 18.8 Å². The zero-order valence-electron chi connectivity index (χ0n) is 19.4. The van der Waals surface area contributed by atoms with Gasteiger partial charge in [-0.3, -0.25) is 14.4 Å². The molecule has 7 nitrogen and oxygen atoms in total. The van der Waals surface area contributed by atoms with Crippen molar-refractivity contribution in [3.8, 4) is 0 Å². The SMILES string of the molecule is CC(C)(C)NC(=O)CN1CC(=O)N2[C@H](c3ccc(F)cc3)c3[nH]c4ccccc4c3C[C@H]2C1=O. The summed E-state index contributed by atoms with van der Waals surface area (Å²) in [6.45, 7) is 5.24. The van der Waals surface area contributed by atoms with Crippen LogP contribution in [0.25, 0.3) is 10.9 Å². The van der Waals surface area contributed by atoms with Crippen LogP contribution in [-0.2, 0) is 20.8 Å². The minimum atomic E-state index is -0.745. The van der Waals surface area contributed by atoms with Gasteiger partial charge in [0.2, 0.25) is 17.7 Å². The average Bonchev–Trinajstić information content (AvgIpc) is 3.14. The van der Waals surface area contributed by atoms with Gasteiger partial charge in [-0.15, -0.1) is 0 Å². The molecule has 3 heterocycles. The van der Waals surface area contributed by atoms with Gasteiger partial charge in [0.15, 0.2) is 0 Å². The summed E-state index contributed by atoms with van der Waals surface area (Å²) in [7, 11) is 0. The van der Waals surface area contributed by atoms with E-state index in [1.54, 1.807) is 17.0 Å². The maximum absolute atomic E-state index is 13.7. The third-order valence-corrected chi connectivity index (χ3v) is 6.38. The molecule has 3 amide bonds. The summed E-state index contributed by atoms with van der Waals surface area (Å²) < 4.78 is 13.7. The highest BCUT2D eigenvalue weighted by Crippen LogP contribution is 2.42. The molecule has 0 bridgehead atoms. The number of amides is 3. The second-order valence-electron chi connectivity index (χ2n) is 10.0. The first-order valence-corrected chi connectivity index (χ1v) is 11.4. The summed E-state index contributed by atoms with van der Waals surface area (Å²) in [6, 6.07) is 12.5. The smallest absolute Gasteiger partial charge is 0.246 e. The number of halogens is 1. The molecule has 8 heteroatoms. The molecule has 3 aromatic rings. The molecule has 2 aliphatic heterocycles. The number of hydrogen-bond donors (Lipinski definition) is 2. The number of hydrogen-bond acceptors (Lipinski definition) is 3. The largest absolute Gasteiger partial charge is 0.356 e. The van der Waals surface area contributed by atoms with E-state index in [9.17, 15) is 18.8 Å². The van der Waals surface area contributed by atoms with Crippen LogP contribution in [0.5, 0.6) is 0 Å². The van der Waals surface area contributed by atoms with Crippen LogP contribution in [0, 0.1) is 5.82 Å². The lowest BCUT2D eigenvalue weighted by Crippen LogP contribution is -2.64. The van der Waals surface area contributed by atoms with Crippen LogP contribution in [0.4, 0.5) is 4.39 Å². The van der Waals surface area contributed by atoms with Crippen LogP contribution in [-0.4, -0.2) is 57.2 Å². The summed E-state index contributed by atoms with van der Waals surface area (Å²) in [6.07, 6.45) is 0.346. The van der Waals surface area contributed by atoms with Gasteiger partial charge in [-0.05, 0) is 50.1 Å². The Kier molecular flexibility index (Phi) is 5.19. The zero-order chi connectivity index (χ0) is 24.2. The van der Waals surface area contributed by atoms with Crippen LogP contribution >= 0.6 is 0 Å². The first-order chi connectivity index (χ1) is 16.1. The van der Waals surface area contributed by atoms with Crippen molar-refractivity contribution in [3.63, 3.8) is 0 Å². The molecule has 0 spiro atoms. The van der Waals surface area contributed by atoms with Crippen molar-refractivity contribution in [3.05, 3.63) is 71.2 Å². The summed E-state index contributed by atoms with van der Waals surface area (Å²) in [5, 5.41) is 3.84. The highest BCUT2D eigenvalue weighted by Gasteiger charge is 2.48. The number of nitrogens with zero attached hydrogens (tertiary/aromatic N) is 2. The van der Waals surface area contributed by atoms with E-state index in [0.717, 1.165) is 27.7 Å². The first-order valence-electron chi connectivity index (χ1n) is 11.4. The molecule has 0 radical (unpaired) electrons. The van der Waals surface area contributed by atoms with Gasteiger partial charge in [0.1, 0.15) is 24.9 Å². The lowest BCUT2D eigenvalue weighted by Gasteiger charge is -2.47. The standard InChI is InChI=1S/C26H27FN4O3/c1-26(2,3)29-21(32)13-30-14-22(33)31-20(25(30)34)12-18-17-6-4-5-7-19(17)28-23(18)24(31)15-8-10-16(27)11-9-15/h4-11,20,24,28H,12-14H2,1-3H3,(H,29,32)/t20-,24+/m0/s1. The van der Waals surface area contributed by atoms with Gasteiger partial charge in [0.05, 0.1) is 6.04 Å². The van der Waals surface area contributed by atoms with E-state index in [-0.39, 0.29) is 36.6 Å². The Bertz CT molecular complexity index is 1290. The number of benzene rings is 2. The fraction of sp³-hybridized carbons (Fsp3) is 0.346. The molecule has 0 saturated carbocycles. The fourth-order valence-electron chi connectivity index (χ4n) is 5.08. The predicted octanol–water partition coefficient (Wildman–Crippen LogP) is 2.91. The van der Waals surface area contributed by atoms with Crippen LogP contribution in [0.1, 0.15) is 43.6 Å². The molecule has 1 fully saturated rings. The van der Waals surface area contributed by atoms with Crippen molar-refractivity contribution in [1.29, 1.82) is 0 Å². The van der Waals surface area contributed by atoms with Gasteiger partial charge in [-0.2, -0.15) is 0 Å². The molecule has 1 saturated heterocycles. The monoisotopic (exact) mass is 462 g/mol. The Labute approximate surface area is 196 Å². The fourth-order valence-corrected chi connectivity index (χ4v) is 5.08. The highest BCUT2D eigenvalue weighted by atomic mass is 19.1. The molecule has 0 aliphatic carbocycles. The molecule has 2 atom stereocenters. The van der Waals surface area contributed by atoms with E-state index in [0.29, 0.717) is 6.42 Å². The Morgan fingerprint density at radius 1 is 1.12 bits per heavy atom. The third-order valence-electron chi connectivity index (χ3n) is 6.38. The van der Waals surface area contributed by atoms with Crippen molar-refractivity contribution in [1.82, 2.24) is 20.1 Å². The number of piperazine rings is 1. The van der Waals surface area contributed by atoms with Crippen LogP contribution in [0.2, 0.25) is 0 Å². The van der Waals surface area contributed by atoms with Gasteiger partial charge in [0, 0.05) is 28.6 Å². The molecular formula is C26H27FN4O3. The van der Waals surface area contributed by atoms with Crippen molar-refractivity contribution in [2.45, 2.75) is 44.8 Å². The van der Waals surface area contributed by atoms with Gasteiger partial charge in [-0.1, -0.05) is 30.3 Å². The first kappa shape index (κ1) is 22.1. The Morgan fingerprint density at radius 2 is 1.82 bits per heavy atom. The van der Waals surface area contributed by atoms with E-state index < -0.39 is 17.6 Å². The highest BCUT2D eigenvalue weighted by molar-refractivity contribution is 5.99. The molecular weight excluding hydrogens is 435 g/mol. The topological polar surface area (TPSA) is 85.5 Å². The number of aromatic nitrogens is 1. The lowest BCUT2D eigenvalue weighted by atomic mass is 9.86. The lowest BCUT2D eigenvalue weighted by molar-refractivity contribution is -0.159. The number of H-pyrrole nitrogens is 1. The number of carbonyl (C=O) groups is 3. The Balaban J connectivity index is 1.56. The van der Waals surface area contributed by atoms with Gasteiger partial charge in [0.25, 0.3) is 0 Å². The van der Waals surface area contributed by atoms with Crippen molar-refractivity contribution in [2.75, 3.05) is 13.1 Å². The van der Waals surface area contributed by atoms with Gasteiger partial charge in [-0.25, -0.2) is 4.39 Å². The number of nitrogens with one attached hydrogen (secondary N) is 2. The number of para-hydroxylation sites is 1. The second kappa shape index (κ2) is 7.97. The number of aromatic amines is 1. The molecule has 2 aromatic carbocycles. The van der Waals surface area contributed by atoms with Gasteiger partial charge < -0.3 is 20.1 Å². The summed E-state index contributed by atoms with van der Waals surface area (Å²) in [4.78, 5) is 45.9. The summed E-state index contributed by atoms with van der Waals surface area (Å²) in [5.74, 6) is -1.18. The molecule has 1 aromatic heterocycles. The Morgan fingerprint density at radius 3 is 2.53 bits per heavy atom. The minimum Gasteiger partial charge on any atom is -0.356 e. The van der Waals surface area contributed by atoms with Crippen LogP contribution in [0.15, 0.2) is 48.5 Å². The number of rotatable bonds is 3. The quantitative estimate of drug-likeness (QED) is 0.628. The van der Waals surface area contributed by atoms with Crippen molar-refractivity contribution in [2.24, 2.45) is 0 Å². The molecule has 34 heavy (non-hydrogen) atoms. The molecule has 5 rings (SSSR count). The third kappa shape index (κ3) is 3.83. The predicted molar refractivity (Wildman–Crippen MR) is 125 cm³/mol. The minimum absolute atomic E-state index is 0.172. The van der Waals surface area contributed by atoms with E-state index in [2.05, 4.69) is 10.3 Å². The second-order valence-corrected chi connectivity index (χ2v) is 10.0. The van der Waals surface area contributed by atoms with E-state index in [1.165, 1.54) is 17.0 Å². The zero-order valence-corrected chi connectivity index (χ0v) is 19.4. The molecule has 0 unspecified atom stereocenters. The summed E-state index contributed by atoms with van der Waals surface area (Å²) >= 11 is 0. The maximum Gasteiger partial charge on any atom is 0.246 e. The summed E-state index contributed by atoms with van der Waals surface area (Å²) in [5.41, 5.74) is 3.00. The average molecular weight is 463 g/mol. The normalized spacial score (nSPS) is 20.4. The molecule has 2 aliphatic rings. The van der Waals surface area contributed by atoms with Crippen LogP contribution < -0.4 is 5.32 Å². The molecule has 2 N–H and O–H groups in total. The van der Waals surface area contributed by atoms with E-state index in [4.69, 9.17) is 0 Å². The van der Waals surface area contributed by atoms with E-state index >= 15 is 0 Å². The number of fused-ring (bicyclic) bond motifs is 4.